The van der Waals surface area contributed by atoms with Crippen molar-refractivity contribution in [3.05, 3.63) is 0 Å². The molecule has 9 fully saturated rings. The smallest absolute Gasteiger partial charge is 0.114 e. The van der Waals surface area contributed by atoms with Gasteiger partial charge >= 0.3 is 0 Å². The van der Waals surface area contributed by atoms with E-state index in [1.54, 1.807) is 0 Å². The molecule has 9 rings (SSSR count). The van der Waals surface area contributed by atoms with Crippen molar-refractivity contribution >= 4 is 0 Å². The van der Waals surface area contributed by atoms with Gasteiger partial charge in [-0.3, -0.25) is 4.90 Å². The Balaban J connectivity index is 0.000000969. The number of alkyl halides is 1. The van der Waals surface area contributed by atoms with E-state index in [2.05, 4.69) is 169 Å². The lowest BCUT2D eigenvalue weighted by Gasteiger charge is -2.34. The van der Waals surface area contributed by atoms with Crippen molar-refractivity contribution in [1.29, 1.82) is 0 Å². The first-order chi connectivity index (χ1) is 42.2. The number of aliphatic hydroxyl groups excluding tert-OH is 1. The van der Waals surface area contributed by atoms with Crippen LogP contribution in [0.4, 0.5) is 4.39 Å². The molecule has 89 heavy (non-hydrogen) atoms. The zero-order valence-electron chi connectivity index (χ0n) is 63.9. The van der Waals surface area contributed by atoms with Gasteiger partial charge in [0, 0.05) is 70.5 Å². The minimum atomic E-state index is -0.557. The Labute approximate surface area is 557 Å². The third kappa shape index (κ3) is 53.3. The van der Waals surface area contributed by atoms with E-state index in [4.69, 9.17) is 14.6 Å². The van der Waals surface area contributed by atoms with Gasteiger partial charge in [0.15, 0.2) is 0 Å². The van der Waals surface area contributed by atoms with Crippen LogP contribution in [-0.2, 0) is 9.47 Å². The van der Waals surface area contributed by atoms with Crippen LogP contribution in [0.3, 0.4) is 0 Å². The van der Waals surface area contributed by atoms with Gasteiger partial charge in [-0.2, -0.15) is 0 Å². The number of hydrogen-bond acceptors (Lipinski definition) is 12. The third-order valence-electron chi connectivity index (χ3n) is 18.2. The van der Waals surface area contributed by atoms with E-state index in [-0.39, 0.29) is 12.2 Å². The first-order valence-corrected chi connectivity index (χ1v) is 38.3. The van der Waals surface area contributed by atoms with Gasteiger partial charge in [-0.1, -0.05) is 103 Å². The topological polar surface area (TPSA) is 76.6 Å². The number of likely N-dealkylation sites (tertiary alicyclic amines) is 7. The van der Waals surface area contributed by atoms with E-state index in [0.29, 0.717) is 19.1 Å². The van der Waals surface area contributed by atoms with Crippen LogP contribution in [0.15, 0.2) is 0 Å². The molecule has 0 amide bonds. The molecule has 0 aromatic rings. The van der Waals surface area contributed by atoms with Gasteiger partial charge in [0.05, 0.1) is 32.0 Å². The zero-order valence-corrected chi connectivity index (χ0v) is 63.9. The number of nitrogens with zero attached hydrogens (tertiary/aromatic N) is 8. The van der Waals surface area contributed by atoms with E-state index in [1.165, 1.54) is 208 Å². The predicted octanol–water partition coefficient (Wildman–Crippen LogP) is 15.2. The Morgan fingerprint density at radius 1 is 0.438 bits per heavy atom. The predicted molar refractivity (Wildman–Crippen MR) is 390 cm³/mol. The minimum Gasteiger partial charge on any atom is -0.391 e. The van der Waals surface area contributed by atoms with Crippen molar-refractivity contribution in [3.63, 3.8) is 0 Å². The van der Waals surface area contributed by atoms with E-state index in [1.807, 2.05) is 20.8 Å². The summed E-state index contributed by atoms with van der Waals surface area (Å²) in [6.45, 7) is 77.7. The summed E-state index contributed by atoms with van der Waals surface area (Å²) in [6, 6.07) is 2.33. The Morgan fingerprint density at radius 2 is 0.809 bits per heavy atom. The number of rotatable bonds is 19. The molecule has 9 aliphatic heterocycles. The average molecular weight is 1270 g/mol. The number of piperidine rings is 2. The highest BCUT2D eigenvalue weighted by atomic mass is 19.1. The van der Waals surface area contributed by atoms with Crippen LogP contribution in [0.2, 0.25) is 0 Å². The molecular formula is C76H162FN9O3. The van der Waals surface area contributed by atoms with Crippen molar-refractivity contribution in [1.82, 2.24) is 44.5 Å². The van der Waals surface area contributed by atoms with Crippen molar-refractivity contribution < 1.29 is 19.0 Å². The summed E-state index contributed by atoms with van der Waals surface area (Å²) in [7, 11) is 0. The van der Waals surface area contributed by atoms with Gasteiger partial charge in [0.25, 0.3) is 0 Å². The normalized spacial score (nSPS) is 22.6. The van der Waals surface area contributed by atoms with Crippen LogP contribution >= 0.6 is 0 Å². The molecule has 9 aliphatic rings. The fraction of sp³-hybridized carbons (Fsp3) is 1.00. The minimum absolute atomic E-state index is 0.228. The summed E-state index contributed by atoms with van der Waals surface area (Å²) in [5, 5.41) is 12.3. The van der Waals surface area contributed by atoms with E-state index in [0.717, 1.165) is 106 Å². The van der Waals surface area contributed by atoms with Crippen molar-refractivity contribution in [2.75, 3.05) is 170 Å². The monoisotopic (exact) mass is 1270 g/mol. The molecule has 9 heterocycles. The largest absolute Gasteiger partial charge is 0.391 e. The second-order valence-corrected chi connectivity index (χ2v) is 31.3. The number of halogens is 1. The molecule has 0 saturated carbocycles. The molecule has 3 atom stereocenters. The molecule has 12 nitrogen and oxygen atoms in total. The summed E-state index contributed by atoms with van der Waals surface area (Å²) < 4.78 is 23.0. The van der Waals surface area contributed by atoms with E-state index in [9.17, 15) is 4.39 Å². The van der Waals surface area contributed by atoms with Gasteiger partial charge in [-0.25, -0.2) is 4.39 Å². The molecule has 536 valence electrons. The molecule has 0 aromatic heterocycles. The summed E-state index contributed by atoms with van der Waals surface area (Å²) in [4.78, 5) is 19.9. The molecule has 0 aromatic carbocycles. The molecule has 3 unspecified atom stereocenters. The molecule has 13 heteroatoms. The molecule has 0 radical (unpaired) electrons. The van der Waals surface area contributed by atoms with E-state index >= 15 is 0 Å². The number of nitrogens with one attached hydrogen (secondary N) is 1. The van der Waals surface area contributed by atoms with Crippen LogP contribution in [-0.4, -0.2) is 251 Å². The van der Waals surface area contributed by atoms with E-state index < -0.39 is 6.17 Å². The van der Waals surface area contributed by atoms with Crippen LogP contribution in [0, 0.1) is 41.4 Å². The number of morpholine rings is 1. The molecule has 0 bridgehead atoms. The van der Waals surface area contributed by atoms with Crippen molar-refractivity contribution in [2.45, 2.75) is 285 Å². The van der Waals surface area contributed by atoms with Gasteiger partial charge in [0.1, 0.15) is 6.17 Å². The van der Waals surface area contributed by atoms with Crippen molar-refractivity contribution in [2.24, 2.45) is 41.4 Å². The number of ether oxygens (including phenoxy) is 2. The second-order valence-electron chi connectivity index (χ2n) is 31.3. The van der Waals surface area contributed by atoms with Crippen LogP contribution in [0.1, 0.15) is 248 Å². The quantitative estimate of drug-likeness (QED) is 0.129. The Hall–Kier alpha value is -0.550. The maximum atomic E-state index is 12.6. The Kier molecular flexibility index (Phi) is 56.3. The Morgan fingerprint density at radius 3 is 1.10 bits per heavy atom. The lowest BCUT2D eigenvalue weighted by Crippen LogP contribution is -2.41. The first kappa shape index (κ1) is 88.5. The summed E-state index contributed by atoms with van der Waals surface area (Å²) >= 11 is 0. The lowest BCUT2D eigenvalue weighted by atomic mass is 9.96. The van der Waals surface area contributed by atoms with Gasteiger partial charge in [0.2, 0.25) is 0 Å². The summed E-state index contributed by atoms with van der Waals surface area (Å²) in [5.41, 5.74) is 0. The SMILES string of the molecule is CC(C)C1CCNC1.CC(C)CCN1CCCCC1.CC(C)CN1CCC(F)C1.CC(C)CN1CCC1.CC(C)CN1CCCC1.CC(C)CN1CCOCC1.CC(C)N1CCC1.CC(C)N1CCCC1.CC(C)N1CCCCC1.CCC(O)COC(C)C. The van der Waals surface area contributed by atoms with Gasteiger partial charge < -0.3 is 54.2 Å². The molecular weight excluding hydrogens is 1110 g/mol. The zero-order chi connectivity index (χ0) is 66.9. The Bertz CT molecular complexity index is 1430. The number of hydrogen-bond donors (Lipinski definition) is 2. The van der Waals surface area contributed by atoms with Gasteiger partial charge in [-0.15, -0.1) is 0 Å². The molecule has 2 N–H and O–H groups in total. The summed E-state index contributed by atoms with van der Waals surface area (Å²) in [6.07, 6.45) is 20.8. The molecule has 0 aliphatic carbocycles. The number of aliphatic hydroxyl groups is 1. The maximum Gasteiger partial charge on any atom is 0.114 e. The standard InChI is InChI=1S/C10H21N.C8H16FN.C8H17NO.2C8H17N.3C7H15N.C7H16O2.C6H13N/c1-10(2)6-9-11-7-4-3-5-8-11;1-7(2)5-10-4-3-8(9)6-10;1-8(2)7-9-3-5-10-6-4-9;1-8(2)7-9-5-3-4-6-9;1-8(2)9-6-4-3-5-7-9;1-6(2)7-3-4-8-5-7;1-7(2)6-8-4-3-5-8;1-7(2)8-5-3-4-6-8;1-4-7(8)5-9-6(2)3;1-6(2)7-4-3-5-7/h10H,3-9H2,1-2H3;7-8H,3-6H2,1-2H3;8H,3-7H2,1-2H3;2*8H,3-7H2,1-2H3;6-8H,3-5H2,1-2H3;2*7H,3-6H2,1-2H3;6-8H,4-5H2,1-3H3;6H,3-5H2,1-2H3. The fourth-order valence-electron chi connectivity index (χ4n) is 12.2. The van der Waals surface area contributed by atoms with Crippen LogP contribution < -0.4 is 5.32 Å². The first-order valence-electron chi connectivity index (χ1n) is 38.3. The maximum absolute atomic E-state index is 12.6. The molecule has 0 spiro atoms. The third-order valence-corrected chi connectivity index (χ3v) is 18.2. The lowest BCUT2D eigenvalue weighted by molar-refractivity contribution is 0.00464. The van der Waals surface area contributed by atoms with Gasteiger partial charge in [-0.05, 0) is 285 Å². The fourth-order valence-corrected chi connectivity index (χ4v) is 12.2. The highest BCUT2D eigenvalue weighted by Gasteiger charge is 2.22. The highest BCUT2D eigenvalue weighted by molar-refractivity contribution is 4.77. The molecule has 9 saturated heterocycles. The van der Waals surface area contributed by atoms with Crippen LogP contribution in [0.25, 0.3) is 0 Å². The van der Waals surface area contributed by atoms with Crippen molar-refractivity contribution in [3.8, 4) is 0 Å². The van der Waals surface area contributed by atoms with Crippen LogP contribution in [0.5, 0.6) is 0 Å². The second kappa shape index (κ2) is 56.6. The average Bonchev–Trinajstić information content (AvgIpc) is 4.48. The highest BCUT2D eigenvalue weighted by Crippen LogP contribution is 2.18. The summed E-state index contributed by atoms with van der Waals surface area (Å²) in [5.74, 6) is 5.87.